The molecule has 0 bridgehead atoms. The molecule has 0 saturated heterocycles. The van der Waals surface area contributed by atoms with Crippen LogP contribution in [0.1, 0.15) is 17.5 Å². The summed E-state index contributed by atoms with van der Waals surface area (Å²) in [5, 5.41) is 8.76. The molecule has 1 amide bonds. The monoisotopic (exact) mass is 318 g/mol. The van der Waals surface area contributed by atoms with E-state index in [1.54, 1.807) is 29.2 Å². The molecule has 2 aromatic rings. The van der Waals surface area contributed by atoms with Gasteiger partial charge in [-0.05, 0) is 41.8 Å². The average Bonchev–Trinajstić information content (AvgIpc) is 2.67. The van der Waals surface area contributed by atoms with E-state index >= 15 is 0 Å². The minimum atomic E-state index is -0.0253. The lowest BCUT2D eigenvalue weighted by Crippen LogP contribution is -2.37. The van der Waals surface area contributed by atoms with Crippen molar-refractivity contribution in [2.75, 3.05) is 19.7 Å². The number of ether oxygens (including phenoxy) is 1. The van der Waals surface area contributed by atoms with Crippen molar-refractivity contribution in [2.24, 2.45) is 0 Å². The van der Waals surface area contributed by atoms with Gasteiger partial charge in [0.1, 0.15) is 5.75 Å². The first-order valence-corrected chi connectivity index (χ1v) is 7.91. The van der Waals surface area contributed by atoms with E-state index < -0.39 is 0 Å². The summed E-state index contributed by atoms with van der Waals surface area (Å²) in [6, 6.07) is 19.1. The molecule has 4 heteroatoms. The van der Waals surface area contributed by atoms with Crippen molar-refractivity contribution in [3.05, 3.63) is 71.8 Å². The van der Waals surface area contributed by atoms with Crippen molar-refractivity contribution in [1.29, 1.82) is 5.26 Å². The Bertz CT molecular complexity index is 774. The maximum Gasteiger partial charge on any atom is 0.260 e. The number of hydrogen-bond donors (Lipinski definition) is 0. The summed E-state index contributed by atoms with van der Waals surface area (Å²) in [7, 11) is 0. The summed E-state index contributed by atoms with van der Waals surface area (Å²) in [5.74, 6) is 0.572. The molecule has 0 spiro atoms. The van der Waals surface area contributed by atoms with Gasteiger partial charge in [0, 0.05) is 13.1 Å². The van der Waals surface area contributed by atoms with Crippen LogP contribution in [0.15, 0.2) is 60.7 Å². The van der Waals surface area contributed by atoms with Gasteiger partial charge in [-0.15, -0.1) is 0 Å². The summed E-state index contributed by atoms with van der Waals surface area (Å²) >= 11 is 0. The molecule has 0 aliphatic carbocycles. The van der Waals surface area contributed by atoms with E-state index in [0.717, 1.165) is 6.42 Å². The molecule has 0 fully saturated rings. The standard InChI is InChI=1S/C20H18N2O2/c21-14-16-6-8-19(9-7-16)24-15-20(23)22-12-10-18(11-13-22)17-4-2-1-3-5-17/h1-10H,11-13,15H2. The van der Waals surface area contributed by atoms with Crippen molar-refractivity contribution in [3.8, 4) is 11.8 Å². The van der Waals surface area contributed by atoms with Gasteiger partial charge in [0.05, 0.1) is 11.6 Å². The summed E-state index contributed by atoms with van der Waals surface area (Å²) < 4.78 is 5.51. The highest BCUT2D eigenvalue weighted by Gasteiger charge is 2.18. The lowest BCUT2D eigenvalue weighted by Gasteiger charge is -2.26. The zero-order valence-electron chi connectivity index (χ0n) is 13.3. The van der Waals surface area contributed by atoms with E-state index in [0.29, 0.717) is 24.4 Å². The molecule has 0 radical (unpaired) electrons. The number of nitrogens with zero attached hydrogens (tertiary/aromatic N) is 2. The first-order chi connectivity index (χ1) is 11.8. The quantitative estimate of drug-likeness (QED) is 0.869. The molecule has 0 atom stereocenters. The molecule has 0 saturated carbocycles. The number of amides is 1. The zero-order chi connectivity index (χ0) is 16.8. The van der Waals surface area contributed by atoms with Gasteiger partial charge in [0.2, 0.25) is 0 Å². The Balaban J connectivity index is 1.53. The number of hydrogen-bond acceptors (Lipinski definition) is 3. The van der Waals surface area contributed by atoms with Gasteiger partial charge in [0.15, 0.2) is 6.61 Å². The summed E-state index contributed by atoms with van der Waals surface area (Å²) in [6.45, 7) is 1.33. The minimum Gasteiger partial charge on any atom is -0.484 e. The molecule has 1 heterocycles. The second-order valence-electron chi connectivity index (χ2n) is 5.61. The minimum absolute atomic E-state index is 0.0143. The molecule has 0 unspecified atom stereocenters. The van der Waals surface area contributed by atoms with Crippen LogP contribution in [0.2, 0.25) is 0 Å². The Morgan fingerprint density at radius 2 is 1.88 bits per heavy atom. The molecule has 1 aliphatic rings. The van der Waals surface area contributed by atoms with Gasteiger partial charge in [-0.25, -0.2) is 0 Å². The molecule has 0 aromatic heterocycles. The van der Waals surface area contributed by atoms with Crippen LogP contribution in [0.25, 0.3) is 5.57 Å². The van der Waals surface area contributed by atoms with Crippen molar-refractivity contribution in [1.82, 2.24) is 4.90 Å². The maximum absolute atomic E-state index is 12.3. The Kier molecular flexibility index (Phi) is 4.93. The second kappa shape index (κ2) is 7.47. The second-order valence-corrected chi connectivity index (χ2v) is 5.61. The third kappa shape index (κ3) is 3.82. The van der Waals surface area contributed by atoms with Gasteiger partial charge in [0.25, 0.3) is 5.91 Å². The van der Waals surface area contributed by atoms with Gasteiger partial charge >= 0.3 is 0 Å². The molecule has 0 N–H and O–H groups in total. The van der Waals surface area contributed by atoms with Crippen LogP contribution in [-0.4, -0.2) is 30.5 Å². The lowest BCUT2D eigenvalue weighted by atomic mass is 10.00. The fraction of sp³-hybridized carbons (Fsp3) is 0.200. The number of carbonyl (C=O) groups excluding carboxylic acids is 1. The molecular formula is C20H18N2O2. The molecule has 1 aliphatic heterocycles. The average molecular weight is 318 g/mol. The van der Waals surface area contributed by atoms with Crippen LogP contribution in [-0.2, 0) is 4.79 Å². The number of benzene rings is 2. The summed E-state index contributed by atoms with van der Waals surface area (Å²) in [4.78, 5) is 14.1. The number of rotatable bonds is 4. The van der Waals surface area contributed by atoms with Crippen LogP contribution in [0.3, 0.4) is 0 Å². The molecule has 4 nitrogen and oxygen atoms in total. The van der Waals surface area contributed by atoms with Crippen LogP contribution in [0.4, 0.5) is 0 Å². The highest BCUT2D eigenvalue weighted by atomic mass is 16.5. The SMILES string of the molecule is N#Cc1ccc(OCC(=O)N2CC=C(c3ccccc3)CC2)cc1. The molecule has 2 aromatic carbocycles. The van der Waals surface area contributed by atoms with Crippen LogP contribution in [0, 0.1) is 11.3 Å². The van der Waals surface area contributed by atoms with Gasteiger partial charge in [-0.2, -0.15) is 5.26 Å². The third-order valence-electron chi connectivity index (χ3n) is 4.05. The highest BCUT2D eigenvalue weighted by Crippen LogP contribution is 2.22. The van der Waals surface area contributed by atoms with Crippen molar-refractivity contribution in [3.63, 3.8) is 0 Å². The van der Waals surface area contributed by atoms with E-state index in [-0.39, 0.29) is 12.5 Å². The first kappa shape index (κ1) is 15.8. The van der Waals surface area contributed by atoms with Crippen LogP contribution >= 0.6 is 0 Å². The van der Waals surface area contributed by atoms with Crippen molar-refractivity contribution >= 4 is 11.5 Å². The smallest absolute Gasteiger partial charge is 0.260 e. The predicted molar refractivity (Wildman–Crippen MR) is 92.3 cm³/mol. The van der Waals surface area contributed by atoms with Gasteiger partial charge in [-0.1, -0.05) is 36.4 Å². The molecule has 120 valence electrons. The fourth-order valence-corrected chi connectivity index (χ4v) is 2.67. The molecule has 24 heavy (non-hydrogen) atoms. The van der Waals surface area contributed by atoms with E-state index in [1.807, 2.05) is 18.2 Å². The third-order valence-corrected chi connectivity index (χ3v) is 4.05. The Morgan fingerprint density at radius 1 is 1.12 bits per heavy atom. The normalized spacial score (nSPS) is 13.8. The van der Waals surface area contributed by atoms with Crippen LogP contribution < -0.4 is 4.74 Å². The first-order valence-electron chi connectivity index (χ1n) is 7.91. The van der Waals surface area contributed by atoms with Gasteiger partial charge in [-0.3, -0.25) is 4.79 Å². The number of nitriles is 1. The van der Waals surface area contributed by atoms with Crippen LogP contribution in [0.5, 0.6) is 5.75 Å². The van der Waals surface area contributed by atoms with E-state index in [1.165, 1.54) is 11.1 Å². The largest absolute Gasteiger partial charge is 0.484 e. The molecule has 3 rings (SSSR count). The van der Waals surface area contributed by atoms with Crippen molar-refractivity contribution in [2.45, 2.75) is 6.42 Å². The predicted octanol–water partition coefficient (Wildman–Crippen LogP) is 3.25. The maximum atomic E-state index is 12.3. The molecular weight excluding hydrogens is 300 g/mol. The lowest BCUT2D eigenvalue weighted by molar-refractivity contribution is -0.132. The van der Waals surface area contributed by atoms with E-state index in [4.69, 9.17) is 10.00 Å². The van der Waals surface area contributed by atoms with E-state index in [9.17, 15) is 4.79 Å². The van der Waals surface area contributed by atoms with Crippen molar-refractivity contribution < 1.29 is 9.53 Å². The van der Waals surface area contributed by atoms with Gasteiger partial charge < -0.3 is 9.64 Å². The highest BCUT2D eigenvalue weighted by molar-refractivity contribution is 5.79. The zero-order valence-corrected chi connectivity index (χ0v) is 13.3. The summed E-state index contributed by atoms with van der Waals surface area (Å²) in [6.07, 6.45) is 2.96. The number of carbonyl (C=O) groups is 1. The summed E-state index contributed by atoms with van der Waals surface area (Å²) in [5.41, 5.74) is 3.08. The fourth-order valence-electron chi connectivity index (χ4n) is 2.67. The Morgan fingerprint density at radius 3 is 2.50 bits per heavy atom. The topological polar surface area (TPSA) is 53.3 Å². The Labute approximate surface area is 141 Å². The van der Waals surface area contributed by atoms with E-state index in [2.05, 4.69) is 24.3 Å². The Hall–Kier alpha value is -3.06.